The number of hydrogen-bond acceptors (Lipinski definition) is 4. The molecule has 0 radical (unpaired) electrons. The summed E-state index contributed by atoms with van der Waals surface area (Å²) in [6, 6.07) is 0.269. The Morgan fingerprint density at radius 2 is 2.00 bits per heavy atom. The minimum absolute atomic E-state index is 0.226. The Bertz CT molecular complexity index is 312. The molecular weight excluding hydrogens is 208 g/mol. The molecule has 2 aliphatic rings. The molecule has 2 amide bonds. The van der Waals surface area contributed by atoms with Crippen molar-refractivity contribution in [3.63, 3.8) is 0 Å². The molecule has 5 heteroatoms. The van der Waals surface area contributed by atoms with Crippen LogP contribution in [0, 0.1) is 5.92 Å². The first kappa shape index (κ1) is 11.4. The Morgan fingerprint density at radius 3 is 2.50 bits per heavy atom. The van der Waals surface area contributed by atoms with Crippen LogP contribution in [0.15, 0.2) is 0 Å². The van der Waals surface area contributed by atoms with Gasteiger partial charge in [0, 0.05) is 6.04 Å². The maximum absolute atomic E-state index is 11.6. The number of ether oxygens (including phenoxy) is 1. The van der Waals surface area contributed by atoms with E-state index in [4.69, 9.17) is 4.74 Å². The van der Waals surface area contributed by atoms with Crippen molar-refractivity contribution in [1.29, 1.82) is 0 Å². The Balaban J connectivity index is 1.76. The number of carbonyl (C=O) groups is 2. The number of rotatable bonds is 1. The summed E-state index contributed by atoms with van der Waals surface area (Å²) in [7, 11) is 0. The van der Waals surface area contributed by atoms with Crippen LogP contribution in [0.3, 0.4) is 0 Å². The minimum Gasteiger partial charge on any atom is -0.444 e. The van der Waals surface area contributed by atoms with Gasteiger partial charge in [0.1, 0.15) is 5.60 Å². The molecule has 0 spiro atoms. The third-order valence-electron chi connectivity index (χ3n) is 2.82. The molecule has 0 aromatic carbocycles. The summed E-state index contributed by atoms with van der Waals surface area (Å²) in [4.78, 5) is 23.0. The standard InChI is InChI=1S/C11H18N2O3/c1-11(2,3)16-10(15)13-9(14)8-5-6-4-7(6)12-8/h6-8,12H,4-5H2,1-3H3,(H,13,14,15)/t6-,7-,8+/m0/s1. The molecule has 2 fully saturated rings. The Hall–Kier alpha value is -1.10. The fourth-order valence-corrected chi connectivity index (χ4v) is 2.02. The van der Waals surface area contributed by atoms with Crippen LogP contribution < -0.4 is 10.6 Å². The van der Waals surface area contributed by atoms with E-state index in [1.165, 1.54) is 0 Å². The maximum Gasteiger partial charge on any atom is 0.414 e. The van der Waals surface area contributed by atoms with Crippen LogP contribution >= 0.6 is 0 Å². The number of imide groups is 1. The highest BCUT2D eigenvalue weighted by Crippen LogP contribution is 2.40. The van der Waals surface area contributed by atoms with E-state index in [1.54, 1.807) is 20.8 Å². The van der Waals surface area contributed by atoms with Crippen molar-refractivity contribution in [2.45, 2.75) is 51.3 Å². The largest absolute Gasteiger partial charge is 0.444 e. The summed E-state index contributed by atoms with van der Waals surface area (Å²) >= 11 is 0. The van der Waals surface area contributed by atoms with Gasteiger partial charge in [-0.2, -0.15) is 0 Å². The van der Waals surface area contributed by atoms with Crippen molar-refractivity contribution in [2.24, 2.45) is 5.92 Å². The molecule has 16 heavy (non-hydrogen) atoms. The van der Waals surface area contributed by atoms with Crippen LogP contribution in [-0.4, -0.2) is 29.7 Å². The second-order valence-electron chi connectivity index (χ2n) is 5.55. The van der Waals surface area contributed by atoms with E-state index < -0.39 is 11.7 Å². The van der Waals surface area contributed by atoms with Crippen molar-refractivity contribution in [3.8, 4) is 0 Å². The molecule has 0 unspecified atom stereocenters. The zero-order valence-corrected chi connectivity index (χ0v) is 9.87. The summed E-state index contributed by atoms with van der Waals surface area (Å²) in [6.45, 7) is 5.29. The van der Waals surface area contributed by atoms with E-state index in [0.29, 0.717) is 12.0 Å². The van der Waals surface area contributed by atoms with E-state index in [9.17, 15) is 9.59 Å². The van der Waals surface area contributed by atoms with Crippen LogP contribution in [0.5, 0.6) is 0 Å². The lowest BCUT2D eigenvalue weighted by molar-refractivity contribution is -0.122. The Kier molecular flexibility index (Phi) is 2.66. The number of carbonyl (C=O) groups excluding carboxylic acids is 2. The number of hydrogen-bond donors (Lipinski definition) is 2. The highest BCUT2D eigenvalue weighted by molar-refractivity contribution is 5.95. The summed E-state index contributed by atoms with van der Waals surface area (Å²) in [5, 5.41) is 5.43. The van der Waals surface area contributed by atoms with Crippen molar-refractivity contribution in [3.05, 3.63) is 0 Å². The summed E-state index contributed by atoms with van der Waals surface area (Å²) in [5.41, 5.74) is -0.574. The van der Waals surface area contributed by atoms with E-state index in [1.807, 2.05) is 0 Å². The minimum atomic E-state index is -0.667. The van der Waals surface area contributed by atoms with Crippen LogP contribution in [-0.2, 0) is 9.53 Å². The lowest BCUT2D eigenvalue weighted by Gasteiger charge is -2.20. The number of piperidine rings is 1. The molecule has 90 valence electrons. The molecular formula is C11H18N2O3. The van der Waals surface area contributed by atoms with Gasteiger partial charge >= 0.3 is 6.09 Å². The van der Waals surface area contributed by atoms with Gasteiger partial charge in [-0.1, -0.05) is 0 Å². The van der Waals surface area contributed by atoms with Crippen LogP contribution in [0.25, 0.3) is 0 Å². The van der Waals surface area contributed by atoms with Crippen molar-refractivity contribution in [1.82, 2.24) is 10.6 Å². The number of alkyl carbamates (subject to hydrolysis) is 1. The molecule has 5 nitrogen and oxygen atoms in total. The first-order valence-corrected chi connectivity index (χ1v) is 5.65. The second-order valence-corrected chi connectivity index (χ2v) is 5.55. The van der Waals surface area contributed by atoms with Gasteiger partial charge in [0.25, 0.3) is 0 Å². The van der Waals surface area contributed by atoms with Gasteiger partial charge in [0.2, 0.25) is 5.91 Å². The zero-order valence-electron chi connectivity index (χ0n) is 9.87. The number of nitrogens with one attached hydrogen (secondary N) is 2. The van der Waals surface area contributed by atoms with E-state index in [-0.39, 0.29) is 11.9 Å². The molecule has 1 aliphatic carbocycles. The first-order chi connectivity index (χ1) is 7.35. The quantitative estimate of drug-likeness (QED) is 0.693. The number of fused-ring (bicyclic) bond motifs is 1. The molecule has 2 N–H and O–H groups in total. The molecule has 1 saturated carbocycles. The smallest absolute Gasteiger partial charge is 0.414 e. The van der Waals surface area contributed by atoms with Gasteiger partial charge in [0.15, 0.2) is 0 Å². The zero-order chi connectivity index (χ0) is 11.9. The predicted molar refractivity (Wildman–Crippen MR) is 57.8 cm³/mol. The van der Waals surface area contributed by atoms with Gasteiger partial charge < -0.3 is 10.1 Å². The molecule has 0 aromatic rings. The van der Waals surface area contributed by atoms with Crippen LogP contribution in [0.4, 0.5) is 4.79 Å². The molecule has 1 aliphatic heterocycles. The number of amides is 2. The third kappa shape index (κ3) is 2.72. The summed E-state index contributed by atoms with van der Waals surface area (Å²) in [5.74, 6) is 0.357. The average molecular weight is 226 g/mol. The van der Waals surface area contributed by atoms with Crippen molar-refractivity contribution < 1.29 is 14.3 Å². The Labute approximate surface area is 94.9 Å². The van der Waals surface area contributed by atoms with Crippen LogP contribution in [0.1, 0.15) is 33.6 Å². The van der Waals surface area contributed by atoms with Gasteiger partial charge in [-0.25, -0.2) is 4.79 Å². The van der Waals surface area contributed by atoms with E-state index >= 15 is 0 Å². The molecule has 3 atom stereocenters. The van der Waals surface area contributed by atoms with Gasteiger partial charge in [-0.05, 0) is 39.5 Å². The van der Waals surface area contributed by atoms with E-state index in [2.05, 4.69) is 10.6 Å². The highest BCUT2D eigenvalue weighted by Gasteiger charge is 2.48. The lowest BCUT2D eigenvalue weighted by Crippen LogP contribution is -2.46. The highest BCUT2D eigenvalue weighted by atomic mass is 16.6. The SMILES string of the molecule is CC(C)(C)OC(=O)NC(=O)[C@H]1C[C@@H]2C[C@@H]2N1. The molecule has 1 saturated heterocycles. The third-order valence-corrected chi connectivity index (χ3v) is 2.82. The second kappa shape index (κ2) is 3.73. The first-order valence-electron chi connectivity index (χ1n) is 5.65. The average Bonchev–Trinajstić information content (AvgIpc) is 2.70. The molecule has 0 aromatic heterocycles. The van der Waals surface area contributed by atoms with Gasteiger partial charge in [-0.15, -0.1) is 0 Å². The monoisotopic (exact) mass is 226 g/mol. The summed E-state index contributed by atoms with van der Waals surface area (Å²) < 4.78 is 5.01. The van der Waals surface area contributed by atoms with Crippen molar-refractivity contribution in [2.75, 3.05) is 0 Å². The Morgan fingerprint density at radius 1 is 1.31 bits per heavy atom. The molecule has 1 heterocycles. The van der Waals surface area contributed by atoms with Crippen LogP contribution in [0.2, 0.25) is 0 Å². The van der Waals surface area contributed by atoms with Gasteiger partial charge in [-0.3, -0.25) is 10.1 Å². The summed E-state index contributed by atoms with van der Waals surface area (Å²) in [6.07, 6.45) is 1.33. The lowest BCUT2D eigenvalue weighted by atomic mass is 10.2. The predicted octanol–water partition coefficient (Wildman–Crippen LogP) is 0.788. The molecule has 2 rings (SSSR count). The fourth-order valence-electron chi connectivity index (χ4n) is 2.02. The van der Waals surface area contributed by atoms with Gasteiger partial charge in [0.05, 0.1) is 6.04 Å². The molecule has 0 bridgehead atoms. The fraction of sp³-hybridized carbons (Fsp3) is 0.818. The topological polar surface area (TPSA) is 67.4 Å². The van der Waals surface area contributed by atoms with E-state index in [0.717, 1.165) is 12.8 Å². The maximum atomic E-state index is 11.6. The normalized spacial score (nSPS) is 31.8. The van der Waals surface area contributed by atoms with Crippen molar-refractivity contribution >= 4 is 12.0 Å².